The summed E-state index contributed by atoms with van der Waals surface area (Å²) >= 11 is 0. The van der Waals surface area contributed by atoms with Gasteiger partial charge in [-0.15, -0.1) is 0 Å². The third-order valence-corrected chi connectivity index (χ3v) is 2.90. The van der Waals surface area contributed by atoms with E-state index >= 15 is 0 Å². The van der Waals surface area contributed by atoms with Gasteiger partial charge in [-0.1, -0.05) is 6.58 Å². The van der Waals surface area contributed by atoms with Crippen molar-refractivity contribution in [1.29, 1.82) is 0 Å². The standard InChI is InChI=1S/C10H20NO6P/c1-5-16-10(12)7-6-9(11(2,3)4)8-17-18(13,14)15/h5,9H,1,6-8H2,2-4H3,(H-,13,14,15). The minimum absolute atomic E-state index is 0.115. The molecule has 0 radical (unpaired) electrons. The number of nitrogens with zero attached hydrogens (tertiary/aromatic N) is 1. The second-order valence-electron chi connectivity index (χ2n) is 4.73. The van der Waals surface area contributed by atoms with Crippen LogP contribution in [0, 0.1) is 0 Å². The summed E-state index contributed by atoms with van der Waals surface area (Å²) < 4.78 is 19.9. The fraction of sp³-hybridized carbons (Fsp3) is 0.700. The summed E-state index contributed by atoms with van der Waals surface area (Å²) in [6.45, 7) is 3.07. The molecule has 0 aromatic heterocycles. The van der Waals surface area contributed by atoms with Crippen LogP contribution in [0.3, 0.4) is 0 Å². The van der Waals surface area contributed by atoms with Gasteiger partial charge < -0.3 is 23.5 Å². The Balaban J connectivity index is 4.38. The molecule has 106 valence electrons. The predicted octanol–water partition coefficient (Wildman–Crippen LogP) is 0.00540. The van der Waals surface area contributed by atoms with Gasteiger partial charge in [0.05, 0.1) is 33.8 Å². The molecule has 1 N–H and O–H groups in total. The van der Waals surface area contributed by atoms with Crippen molar-refractivity contribution in [3.8, 4) is 0 Å². The Hall–Kier alpha value is -0.720. The lowest BCUT2D eigenvalue weighted by molar-refractivity contribution is -0.896. The minimum Gasteiger partial charge on any atom is -0.756 e. The molecule has 8 heteroatoms. The van der Waals surface area contributed by atoms with Crippen molar-refractivity contribution in [1.82, 2.24) is 0 Å². The average Bonchev–Trinajstić information content (AvgIpc) is 2.14. The first-order valence-corrected chi connectivity index (χ1v) is 6.85. The first kappa shape index (κ1) is 17.3. The summed E-state index contributed by atoms with van der Waals surface area (Å²) in [4.78, 5) is 30.3. The summed E-state index contributed by atoms with van der Waals surface area (Å²) in [5.74, 6) is -0.447. The molecule has 0 bridgehead atoms. The molecule has 0 heterocycles. The number of rotatable bonds is 8. The van der Waals surface area contributed by atoms with Gasteiger partial charge in [-0.2, -0.15) is 0 Å². The first-order valence-electron chi connectivity index (χ1n) is 5.36. The Morgan fingerprint density at radius 2 is 2.11 bits per heavy atom. The largest absolute Gasteiger partial charge is 0.756 e. The molecule has 2 unspecified atom stereocenters. The zero-order valence-corrected chi connectivity index (χ0v) is 11.8. The summed E-state index contributed by atoms with van der Waals surface area (Å²) in [7, 11) is 0.758. The number of likely N-dealkylation sites (N-methyl/N-ethyl adjacent to an activating group) is 1. The van der Waals surface area contributed by atoms with Crippen molar-refractivity contribution in [2.45, 2.75) is 18.9 Å². The van der Waals surface area contributed by atoms with Gasteiger partial charge in [0, 0.05) is 6.42 Å². The molecule has 0 fully saturated rings. The van der Waals surface area contributed by atoms with E-state index in [0.717, 1.165) is 6.26 Å². The maximum absolute atomic E-state index is 11.2. The Bertz CT molecular complexity index is 332. The molecule has 0 saturated carbocycles. The van der Waals surface area contributed by atoms with E-state index in [9.17, 15) is 14.3 Å². The van der Waals surface area contributed by atoms with E-state index in [2.05, 4.69) is 15.8 Å². The lowest BCUT2D eigenvalue weighted by atomic mass is 10.1. The van der Waals surface area contributed by atoms with Crippen LogP contribution in [0.25, 0.3) is 0 Å². The van der Waals surface area contributed by atoms with E-state index in [1.807, 2.05) is 21.1 Å². The molecular formula is C10H20NO6P. The minimum atomic E-state index is -4.74. The number of ether oxygens (including phenoxy) is 1. The quantitative estimate of drug-likeness (QED) is 0.291. The van der Waals surface area contributed by atoms with Crippen molar-refractivity contribution >= 4 is 13.8 Å². The van der Waals surface area contributed by atoms with Gasteiger partial charge in [-0.3, -0.25) is 9.36 Å². The molecule has 0 aliphatic carbocycles. The molecule has 0 amide bonds. The van der Waals surface area contributed by atoms with Crippen LogP contribution in [0.5, 0.6) is 0 Å². The monoisotopic (exact) mass is 281 g/mol. The van der Waals surface area contributed by atoms with Gasteiger partial charge >= 0.3 is 5.97 Å². The Kier molecular flexibility index (Phi) is 6.73. The molecular weight excluding hydrogens is 261 g/mol. The lowest BCUT2D eigenvalue weighted by Gasteiger charge is -2.34. The lowest BCUT2D eigenvalue weighted by Crippen LogP contribution is -2.48. The number of quaternary nitrogens is 1. The average molecular weight is 281 g/mol. The van der Waals surface area contributed by atoms with Crippen LogP contribution in [-0.4, -0.2) is 49.1 Å². The van der Waals surface area contributed by atoms with E-state index in [0.29, 0.717) is 10.9 Å². The molecule has 0 rings (SSSR count). The van der Waals surface area contributed by atoms with E-state index in [-0.39, 0.29) is 19.1 Å². The first-order chi connectivity index (χ1) is 8.06. The van der Waals surface area contributed by atoms with Crippen molar-refractivity contribution < 1.29 is 32.9 Å². The number of carbonyl (C=O) groups is 1. The highest BCUT2D eigenvalue weighted by molar-refractivity contribution is 7.44. The maximum atomic E-state index is 11.2. The SMILES string of the molecule is C=COC(=O)CCC(COP(=O)([O-])O)[N+](C)(C)C. The van der Waals surface area contributed by atoms with Gasteiger partial charge in [0.1, 0.15) is 12.6 Å². The highest BCUT2D eigenvalue weighted by atomic mass is 31.2. The van der Waals surface area contributed by atoms with Gasteiger partial charge in [0.25, 0.3) is 7.82 Å². The van der Waals surface area contributed by atoms with Gasteiger partial charge in [-0.25, -0.2) is 0 Å². The van der Waals surface area contributed by atoms with Crippen LogP contribution in [0.15, 0.2) is 12.8 Å². The second-order valence-corrected chi connectivity index (χ2v) is 5.92. The summed E-state index contributed by atoms with van der Waals surface area (Å²) in [5.41, 5.74) is 0. The zero-order valence-electron chi connectivity index (χ0n) is 10.9. The second kappa shape index (κ2) is 7.01. The van der Waals surface area contributed by atoms with Crippen LogP contribution < -0.4 is 4.89 Å². The fourth-order valence-corrected chi connectivity index (χ4v) is 1.67. The van der Waals surface area contributed by atoms with E-state index in [4.69, 9.17) is 4.89 Å². The fourth-order valence-electron chi connectivity index (χ4n) is 1.31. The third-order valence-electron chi connectivity index (χ3n) is 2.42. The van der Waals surface area contributed by atoms with Crippen molar-refractivity contribution in [2.24, 2.45) is 0 Å². The smallest absolute Gasteiger partial charge is 0.310 e. The molecule has 0 spiro atoms. The molecule has 0 saturated heterocycles. The molecule has 0 aromatic carbocycles. The Morgan fingerprint density at radius 1 is 1.56 bits per heavy atom. The number of hydrogen-bond acceptors (Lipinski definition) is 5. The number of phosphoric ester groups is 1. The van der Waals surface area contributed by atoms with Crippen LogP contribution in [0.4, 0.5) is 0 Å². The zero-order chi connectivity index (χ0) is 14.4. The Morgan fingerprint density at radius 3 is 2.50 bits per heavy atom. The van der Waals surface area contributed by atoms with Crippen LogP contribution >= 0.6 is 7.82 Å². The number of esters is 1. The summed E-state index contributed by atoms with van der Waals surface area (Å²) in [5, 5.41) is 0. The molecule has 0 aliphatic heterocycles. The molecule has 7 nitrogen and oxygen atoms in total. The van der Waals surface area contributed by atoms with Crippen LogP contribution in [-0.2, 0) is 18.6 Å². The van der Waals surface area contributed by atoms with Gasteiger partial charge in [0.2, 0.25) is 0 Å². The van der Waals surface area contributed by atoms with Crippen molar-refractivity contribution in [3.63, 3.8) is 0 Å². The van der Waals surface area contributed by atoms with Gasteiger partial charge in [-0.05, 0) is 0 Å². The van der Waals surface area contributed by atoms with E-state index < -0.39 is 13.8 Å². The molecule has 18 heavy (non-hydrogen) atoms. The highest BCUT2D eigenvalue weighted by Gasteiger charge is 2.26. The van der Waals surface area contributed by atoms with Crippen molar-refractivity contribution in [2.75, 3.05) is 27.7 Å². The van der Waals surface area contributed by atoms with Gasteiger partial charge in [0.15, 0.2) is 0 Å². The maximum Gasteiger partial charge on any atom is 0.310 e. The molecule has 0 aliphatic rings. The van der Waals surface area contributed by atoms with Crippen molar-refractivity contribution in [3.05, 3.63) is 12.8 Å². The highest BCUT2D eigenvalue weighted by Crippen LogP contribution is 2.31. The summed E-state index contributed by atoms with van der Waals surface area (Å²) in [6.07, 6.45) is 1.53. The summed E-state index contributed by atoms with van der Waals surface area (Å²) in [6, 6.07) is -0.267. The predicted molar refractivity (Wildman–Crippen MR) is 63.1 cm³/mol. The number of hydrogen-bond donors (Lipinski definition) is 1. The third kappa shape index (κ3) is 8.38. The molecule has 2 atom stereocenters. The van der Waals surface area contributed by atoms with Crippen LogP contribution in [0.1, 0.15) is 12.8 Å². The van der Waals surface area contributed by atoms with E-state index in [1.165, 1.54) is 0 Å². The molecule has 0 aromatic rings. The van der Waals surface area contributed by atoms with E-state index in [1.54, 1.807) is 0 Å². The Labute approximate surface area is 107 Å². The number of phosphoric acid groups is 1. The topological polar surface area (TPSA) is 95.9 Å². The normalized spacial score (nSPS) is 16.7. The van der Waals surface area contributed by atoms with Crippen LogP contribution in [0.2, 0.25) is 0 Å². The number of carbonyl (C=O) groups excluding carboxylic acids is 1.